The summed E-state index contributed by atoms with van der Waals surface area (Å²) >= 11 is 17.6. The van der Waals surface area contributed by atoms with Gasteiger partial charge < -0.3 is 10.2 Å². The summed E-state index contributed by atoms with van der Waals surface area (Å²) in [5, 5.41) is 18.6. The molecule has 0 amide bonds. The van der Waals surface area contributed by atoms with E-state index in [4.69, 9.17) is 39.9 Å². The molecule has 61 heavy (non-hydrogen) atoms. The molecule has 0 aliphatic rings. The van der Waals surface area contributed by atoms with Crippen LogP contribution in [0.2, 0.25) is 0 Å². The number of Topliss-reactive ketones (excluding diaryl/α,β-unsaturated/α-hetero) is 2. The predicted molar refractivity (Wildman–Crippen MR) is 258 cm³/mol. The van der Waals surface area contributed by atoms with Gasteiger partial charge in [-0.25, -0.2) is 9.59 Å². The number of carboxylic acid groups (broad SMARTS) is 2. The second-order valence-electron chi connectivity index (χ2n) is 14.9. The molecule has 0 heterocycles. The van der Waals surface area contributed by atoms with Crippen molar-refractivity contribution in [2.24, 2.45) is 0 Å². The highest BCUT2D eigenvalue weighted by Gasteiger charge is 2.26. The van der Waals surface area contributed by atoms with E-state index in [2.05, 4.69) is 86.8 Å². The fourth-order valence-electron chi connectivity index (χ4n) is 6.32. The molecular weight excluding hydrogens is 827 g/mol. The normalized spacial score (nSPS) is 12.1. The Morgan fingerprint density at radius 2 is 0.852 bits per heavy atom. The maximum Gasteiger partial charge on any atom is 0.336 e. The molecule has 0 bridgehead atoms. The van der Waals surface area contributed by atoms with E-state index >= 15 is 0 Å². The average molecular weight is 896 g/mol. The van der Waals surface area contributed by atoms with Gasteiger partial charge in [-0.1, -0.05) is 178 Å². The van der Waals surface area contributed by atoms with Crippen molar-refractivity contribution >= 4 is 58.3 Å². The Morgan fingerprint density at radius 1 is 0.475 bits per heavy atom. The zero-order valence-electron chi connectivity index (χ0n) is 36.5. The Hall–Kier alpha value is -3.97. The summed E-state index contributed by atoms with van der Waals surface area (Å²) in [6.45, 7) is 4.44. The van der Waals surface area contributed by atoms with E-state index in [-0.39, 0.29) is 41.1 Å². The van der Waals surface area contributed by atoms with Crippen LogP contribution in [0.4, 0.5) is 0 Å². The molecule has 0 saturated heterocycles. The number of hydrogen-bond acceptors (Lipinski definition) is 4. The van der Waals surface area contributed by atoms with Gasteiger partial charge in [0.2, 0.25) is 0 Å². The second kappa shape index (κ2) is 35.6. The molecule has 0 unspecified atom stereocenters. The van der Waals surface area contributed by atoms with Gasteiger partial charge in [-0.3, -0.25) is 9.59 Å². The van der Waals surface area contributed by atoms with Crippen LogP contribution in [0.3, 0.4) is 0 Å². The van der Waals surface area contributed by atoms with Crippen molar-refractivity contribution in [2.45, 2.75) is 152 Å². The van der Waals surface area contributed by atoms with E-state index in [0.29, 0.717) is 24.0 Å². The summed E-state index contributed by atoms with van der Waals surface area (Å²) in [7, 11) is 0. The van der Waals surface area contributed by atoms with Crippen molar-refractivity contribution in [1.82, 2.24) is 0 Å². The van der Waals surface area contributed by atoms with E-state index < -0.39 is 15.7 Å². The third kappa shape index (κ3) is 28.3. The first-order valence-electron chi connectivity index (χ1n) is 22.1. The smallest absolute Gasteiger partial charge is 0.336 e. The van der Waals surface area contributed by atoms with E-state index in [0.717, 1.165) is 57.8 Å². The van der Waals surface area contributed by atoms with E-state index in [1.54, 1.807) is 30.3 Å². The summed E-state index contributed by atoms with van der Waals surface area (Å²) in [6.07, 6.45) is 45.8. The number of ketones is 2. The van der Waals surface area contributed by atoms with Crippen LogP contribution >= 0.6 is 34.8 Å². The predicted octanol–water partition coefficient (Wildman–Crippen LogP) is 16.2. The zero-order valence-corrected chi connectivity index (χ0v) is 38.7. The number of alkyl halides is 3. The summed E-state index contributed by atoms with van der Waals surface area (Å²) in [5.41, 5.74) is 0.957. The van der Waals surface area contributed by atoms with Gasteiger partial charge in [0.25, 0.3) is 0 Å². The Bertz CT molecular complexity index is 1750. The number of benzene rings is 2. The fraction of sp³-hybridized carbons (Fsp3) is 0.462. The molecule has 0 fully saturated rings. The highest BCUT2D eigenvalue weighted by atomic mass is 35.6. The lowest BCUT2D eigenvalue weighted by molar-refractivity contribution is 0.0683. The minimum absolute atomic E-state index is 0.0231. The molecule has 6 nitrogen and oxygen atoms in total. The molecule has 2 N–H and O–H groups in total. The molecule has 0 atom stereocenters. The largest absolute Gasteiger partial charge is 0.478 e. The minimum Gasteiger partial charge on any atom is -0.478 e. The lowest BCUT2D eigenvalue weighted by Gasteiger charge is -2.16. The van der Waals surface area contributed by atoms with Gasteiger partial charge in [0.05, 0.1) is 11.1 Å². The first-order valence-corrected chi connectivity index (χ1v) is 23.3. The number of unbranched alkanes of at least 4 members (excludes halogenated alkanes) is 10. The maximum atomic E-state index is 12.8. The fourth-order valence-corrected chi connectivity index (χ4v) is 6.75. The number of halogens is 3. The average Bonchev–Trinajstić information content (AvgIpc) is 3.23. The topological polar surface area (TPSA) is 109 Å². The van der Waals surface area contributed by atoms with Crippen LogP contribution in [0.15, 0.2) is 115 Å². The van der Waals surface area contributed by atoms with E-state index in [1.807, 2.05) is 0 Å². The van der Waals surface area contributed by atoms with Gasteiger partial charge in [-0.15, -0.1) is 0 Å². The summed E-state index contributed by atoms with van der Waals surface area (Å²) in [6, 6.07) is 11.0. The molecule has 2 aromatic rings. The van der Waals surface area contributed by atoms with Crippen LogP contribution in [0.1, 0.15) is 189 Å². The van der Waals surface area contributed by atoms with Crippen molar-refractivity contribution in [1.29, 1.82) is 0 Å². The Labute approximate surface area is 381 Å². The van der Waals surface area contributed by atoms with E-state index in [1.165, 1.54) is 63.5 Å². The zero-order chi connectivity index (χ0) is 45.0. The summed E-state index contributed by atoms with van der Waals surface area (Å²) in [5.74, 6) is -2.53. The van der Waals surface area contributed by atoms with Crippen LogP contribution in [0, 0.1) is 0 Å². The number of allylic oxidation sites excluding steroid dienone is 12. The Morgan fingerprint density at radius 3 is 1.26 bits per heavy atom. The van der Waals surface area contributed by atoms with Crippen LogP contribution in [-0.4, -0.2) is 37.5 Å². The number of carbonyl (C=O) groups excluding carboxylic acids is 2. The highest BCUT2D eigenvalue weighted by molar-refractivity contribution is 6.67. The molecule has 9 heteroatoms. The third-order valence-corrected chi connectivity index (χ3v) is 10.00. The lowest BCUT2D eigenvalue weighted by Crippen LogP contribution is -2.16. The quantitative estimate of drug-likeness (QED) is 0.0338. The van der Waals surface area contributed by atoms with Crippen LogP contribution in [0.25, 0.3) is 0 Å². The molecule has 0 saturated carbocycles. The van der Waals surface area contributed by atoms with Gasteiger partial charge in [-0.2, -0.15) is 0 Å². The van der Waals surface area contributed by atoms with Crippen molar-refractivity contribution in [3.8, 4) is 0 Å². The SMILES string of the molecule is CCCCC/C=C\C/C=C\C/C=C\CCCCC(=O)c1c(CC(Cl)(Cl)Cl)cccc1C(=O)O.CCCCC/C=C\C/C=C\C/C=C\CCCCC(=O)c1ccccc1C(=O)O. The third-order valence-electron chi connectivity index (χ3n) is 9.60. The minimum atomic E-state index is -1.60. The maximum absolute atomic E-state index is 12.8. The van der Waals surface area contributed by atoms with Crippen molar-refractivity contribution in [3.05, 3.63) is 143 Å². The van der Waals surface area contributed by atoms with Gasteiger partial charge in [0.15, 0.2) is 15.4 Å². The number of hydrogen-bond donors (Lipinski definition) is 2. The van der Waals surface area contributed by atoms with Crippen molar-refractivity contribution < 1.29 is 29.4 Å². The molecule has 0 aliphatic heterocycles. The molecule has 2 rings (SSSR count). The van der Waals surface area contributed by atoms with Crippen molar-refractivity contribution in [2.75, 3.05) is 0 Å². The van der Waals surface area contributed by atoms with Gasteiger partial charge in [0, 0.05) is 30.4 Å². The van der Waals surface area contributed by atoms with Crippen LogP contribution < -0.4 is 0 Å². The van der Waals surface area contributed by atoms with Crippen molar-refractivity contribution in [3.63, 3.8) is 0 Å². The molecular formula is C52H69Cl3O6. The molecule has 0 aromatic heterocycles. The van der Waals surface area contributed by atoms with Crippen LogP contribution in [-0.2, 0) is 6.42 Å². The summed E-state index contributed by atoms with van der Waals surface area (Å²) < 4.78 is -1.60. The molecule has 0 radical (unpaired) electrons. The van der Waals surface area contributed by atoms with E-state index in [9.17, 15) is 24.3 Å². The number of aromatic carboxylic acids is 2. The molecule has 0 spiro atoms. The lowest BCUT2D eigenvalue weighted by atomic mass is 9.93. The Balaban J connectivity index is 0.000000618. The van der Waals surface area contributed by atoms with Gasteiger partial charge in [0.1, 0.15) is 0 Å². The summed E-state index contributed by atoms with van der Waals surface area (Å²) in [4.78, 5) is 47.7. The second-order valence-corrected chi connectivity index (χ2v) is 17.4. The Kier molecular flexibility index (Phi) is 32.1. The molecule has 2 aromatic carbocycles. The number of carbonyl (C=O) groups is 4. The number of carboxylic acids is 2. The number of rotatable bonds is 31. The van der Waals surface area contributed by atoms with Gasteiger partial charge >= 0.3 is 11.9 Å². The van der Waals surface area contributed by atoms with Gasteiger partial charge in [-0.05, 0) is 108 Å². The first kappa shape index (κ1) is 55.0. The highest BCUT2D eigenvalue weighted by Crippen LogP contribution is 2.33. The standard InChI is InChI=1S/C27H35Cl3O3.C25H34O3/c1-2-3-4-5-6-7-8-9-10-11-12-13-14-15-16-20-24(31)25-22(21-27(28,29)30)18-17-19-23(25)26(32)33;1-2-3-4-5-6-7-8-9-10-11-12-13-14-15-16-21-24(26)22-19-17-18-20-23(22)25(27)28/h6-7,9-10,12-13,17-19H,2-5,8,11,14-16,20-21H2,1H3,(H,32,33);6-7,9-10,12-13,17-20H,2-5,8,11,14-16,21H2,1H3,(H,27,28)/b2*7-6-,10-9-,13-12-. The van der Waals surface area contributed by atoms with Crippen LogP contribution in [0.5, 0.6) is 0 Å². The molecule has 334 valence electrons. The monoisotopic (exact) mass is 894 g/mol. The first-order chi connectivity index (χ1) is 29.4. The molecule has 0 aliphatic carbocycles.